The maximum atomic E-state index is 13.2. The Hall–Kier alpha value is -2.27. The van der Waals surface area contributed by atoms with Gasteiger partial charge in [-0.2, -0.15) is 0 Å². The van der Waals surface area contributed by atoms with Gasteiger partial charge in [0.2, 0.25) is 0 Å². The lowest BCUT2D eigenvalue weighted by Gasteiger charge is -2.37. The first-order chi connectivity index (χ1) is 14.6. The van der Waals surface area contributed by atoms with E-state index in [1.165, 1.54) is 14.2 Å². The van der Waals surface area contributed by atoms with E-state index in [4.69, 9.17) is 9.05 Å². The molecule has 0 fully saturated rings. The molecule has 0 amide bonds. The molecule has 2 atom stereocenters. The first-order valence-electron chi connectivity index (χ1n) is 9.83. The highest BCUT2D eigenvalue weighted by molar-refractivity contribution is 7.54. The number of nitrogens with zero attached hydrogens (tertiary/aromatic N) is 1. The Kier molecular flexibility index (Phi) is 7.97. The zero-order valence-corrected chi connectivity index (χ0v) is 18.2. The molecule has 1 N–H and O–H groups in total. The van der Waals surface area contributed by atoms with E-state index < -0.39 is 19.5 Å². The quantitative estimate of drug-likeness (QED) is 0.451. The van der Waals surface area contributed by atoms with Gasteiger partial charge >= 0.3 is 7.60 Å². The molecule has 3 aromatic carbocycles. The summed E-state index contributed by atoms with van der Waals surface area (Å²) in [5.41, 5.74) is 3.02. The Balaban J connectivity index is 2.06. The molecule has 5 nitrogen and oxygen atoms in total. The lowest BCUT2D eigenvalue weighted by atomic mass is 10.0. The number of hydrogen-bond acceptors (Lipinski definition) is 5. The molecule has 30 heavy (non-hydrogen) atoms. The average Bonchev–Trinajstić information content (AvgIpc) is 2.80. The van der Waals surface area contributed by atoms with Crippen LogP contribution in [0.5, 0.6) is 0 Å². The molecule has 6 heteroatoms. The third-order valence-electron chi connectivity index (χ3n) is 5.11. The first-order valence-corrected chi connectivity index (χ1v) is 11.4. The van der Waals surface area contributed by atoms with E-state index >= 15 is 0 Å². The maximum Gasteiger partial charge on any atom is 0.360 e. The maximum absolute atomic E-state index is 13.2. The van der Waals surface area contributed by atoms with Crippen LogP contribution >= 0.6 is 7.60 Å². The lowest BCUT2D eigenvalue weighted by molar-refractivity contribution is 0.0618. The van der Waals surface area contributed by atoms with Crippen molar-refractivity contribution in [3.05, 3.63) is 108 Å². The van der Waals surface area contributed by atoms with Crippen LogP contribution in [0.3, 0.4) is 0 Å². The van der Waals surface area contributed by atoms with Crippen LogP contribution in [-0.2, 0) is 26.7 Å². The van der Waals surface area contributed by atoms with Gasteiger partial charge in [-0.05, 0) is 16.7 Å². The monoisotopic (exact) mass is 425 g/mol. The summed E-state index contributed by atoms with van der Waals surface area (Å²) >= 11 is 0. The second-order valence-corrected chi connectivity index (χ2v) is 9.39. The van der Waals surface area contributed by atoms with E-state index in [-0.39, 0.29) is 0 Å². The first kappa shape index (κ1) is 22.4. The number of hydrogen-bond donors (Lipinski definition) is 1. The van der Waals surface area contributed by atoms with Crippen molar-refractivity contribution in [1.29, 1.82) is 0 Å². The van der Waals surface area contributed by atoms with Crippen LogP contribution in [0, 0.1) is 0 Å². The van der Waals surface area contributed by atoms with Gasteiger partial charge in [-0.25, -0.2) is 0 Å². The van der Waals surface area contributed by atoms with Gasteiger partial charge in [0.25, 0.3) is 0 Å². The van der Waals surface area contributed by atoms with Crippen molar-refractivity contribution in [2.75, 3.05) is 14.2 Å². The van der Waals surface area contributed by atoms with E-state index in [9.17, 15) is 9.67 Å². The summed E-state index contributed by atoms with van der Waals surface area (Å²) in [5.74, 6) is -1.36. The van der Waals surface area contributed by atoms with E-state index in [2.05, 4.69) is 4.90 Å². The smallest absolute Gasteiger partial charge is 0.360 e. The van der Waals surface area contributed by atoms with Crippen LogP contribution in [0.15, 0.2) is 91.0 Å². The minimum Gasteiger partial charge on any atom is -0.379 e. The van der Waals surface area contributed by atoms with E-state index in [1.807, 2.05) is 91.0 Å². The summed E-state index contributed by atoms with van der Waals surface area (Å²) in [5, 5.41) is 11.3. The molecule has 0 aromatic heterocycles. The zero-order chi connectivity index (χ0) is 21.4. The van der Waals surface area contributed by atoms with Gasteiger partial charge in [-0.15, -0.1) is 0 Å². The van der Waals surface area contributed by atoms with Gasteiger partial charge in [0, 0.05) is 27.3 Å². The number of aliphatic hydroxyl groups is 1. The Bertz CT molecular complexity index is 888. The Labute approximate surface area is 178 Å². The molecular weight excluding hydrogens is 397 g/mol. The lowest BCUT2D eigenvalue weighted by Crippen LogP contribution is -2.36. The molecule has 0 heterocycles. The molecule has 158 valence electrons. The van der Waals surface area contributed by atoms with Crippen molar-refractivity contribution < 1.29 is 18.7 Å². The Morgan fingerprint density at radius 3 is 1.57 bits per heavy atom. The summed E-state index contributed by atoms with van der Waals surface area (Å²) in [4.78, 5) is 2.11. The molecule has 3 aromatic rings. The van der Waals surface area contributed by atoms with Gasteiger partial charge in [-0.1, -0.05) is 91.0 Å². The van der Waals surface area contributed by atoms with Gasteiger partial charge < -0.3 is 14.2 Å². The molecule has 0 radical (unpaired) electrons. The third kappa shape index (κ3) is 5.45. The van der Waals surface area contributed by atoms with Crippen LogP contribution in [0.4, 0.5) is 0 Å². The fourth-order valence-electron chi connectivity index (χ4n) is 3.57. The normalized spacial score (nSPS) is 13.9. The molecule has 0 aliphatic rings. The van der Waals surface area contributed by atoms with Crippen LogP contribution < -0.4 is 0 Å². The van der Waals surface area contributed by atoms with Gasteiger partial charge in [-0.3, -0.25) is 9.46 Å². The topological polar surface area (TPSA) is 59.0 Å². The molecule has 0 unspecified atom stereocenters. The van der Waals surface area contributed by atoms with Crippen molar-refractivity contribution in [2.24, 2.45) is 0 Å². The van der Waals surface area contributed by atoms with Crippen LogP contribution in [0.25, 0.3) is 0 Å². The molecule has 0 spiro atoms. The summed E-state index contributed by atoms with van der Waals surface area (Å²) in [6, 6.07) is 29.0. The van der Waals surface area contributed by atoms with Crippen molar-refractivity contribution in [2.45, 2.75) is 25.0 Å². The molecule has 0 aliphatic carbocycles. The highest BCUT2D eigenvalue weighted by Crippen LogP contribution is 2.55. The molecule has 0 aliphatic heterocycles. The van der Waals surface area contributed by atoms with Crippen molar-refractivity contribution in [3.8, 4) is 0 Å². The van der Waals surface area contributed by atoms with Gasteiger partial charge in [0.15, 0.2) is 5.85 Å². The van der Waals surface area contributed by atoms with Crippen LogP contribution in [0.2, 0.25) is 0 Å². The Morgan fingerprint density at radius 1 is 0.767 bits per heavy atom. The molecule has 0 bridgehead atoms. The minimum atomic E-state index is -3.74. The second kappa shape index (κ2) is 10.7. The largest absolute Gasteiger partial charge is 0.379 e. The highest BCUT2D eigenvalue weighted by atomic mass is 31.2. The van der Waals surface area contributed by atoms with E-state index in [0.29, 0.717) is 13.1 Å². The number of benzene rings is 3. The number of rotatable bonds is 10. The molecule has 0 saturated carbocycles. The summed E-state index contributed by atoms with van der Waals surface area (Å²) in [6.07, 6.45) is 0. The van der Waals surface area contributed by atoms with Crippen LogP contribution in [-0.4, -0.2) is 30.1 Å². The summed E-state index contributed by atoms with van der Waals surface area (Å²) < 4.78 is 23.5. The predicted octanol–water partition coefficient (Wildman–Crippen LogP) is 5.23. The Morgan fingerprint density at radius 2 is 1.17 bits per heavy atom. The standard InChI is InChI=1S/C24H28NO4P/c1-28-30(27,29-2)24(26)23(22-16-10-5-11-17-22)25(18-20-12-6-3-7-13-20)19-21-14-8-4-9-15-21/h3-17,23-24,26H,18-19H2,1-2H3/t23-,24+/m1/s1. The fraction of sp³-hybridized carbons (Fsp3) is 0.250. The SMILES string of the molecule is COP(=O)(OC)[C@H](O)[C@@H](c1ccccc1)N(Cc1ccccc1)Cc1ccccc1. The molecule has 0 saturated heterocycles. The van der Waals surface area contributed by atoms with Crippen LogP contribution in [0.1, 0.15) is 22.7 Å². The third-order valence-corrected chi connectivity index (χ3v) is 7.06. The second-order valence-electron chi connectivity index (χ2n) is 7.05. The summed E-state index contributed by atoms with van der Waals surface area (Å²) in [7, 11) is -1.14. The van der Waals surface area contributed by atoms with E-state index in [1.54, 1.807) is 0 Å². The van der Waals surface area contributed by atoms with Crippen molar-refractivity contribution >= 4 is 7.60 Å². The number of aliphatic hydroxyl groups excluding tert-OH is 1. The van der Waals surface area contributed by atoms with Crippen molar-refractivity contribution in [1.82, 2.24) is 4.90 Å². The fourth-order valence-corrected chi connectivity index (χ4v) is 4.86. The summed E-state index contributed by atoms with van der Waals surface area (Å²) in [6.45, 7) is 1.11. The van der Waals surface area contributed by atoms with Crippen molar-refractivity contribution in [3.63, 3.8) is 0 Å². The highest BCUT2D eigenvalue weighted by Gasteiger charge is 2.42. The average molecular weight is 425 g/mol. The predicted molar refractivity (Wildman–Crippen MR) is 119 cm³/mol. The zero-order valence-electron chi connectivity index (χ0n) is 17.3. The van der Waals surface area contributed by atoms with E-state index in [0.717, 1.165) is 16.7 Å². The molecular formula is C24H28NO4P. The van der Waals surface area contributed by atoms with Gasteiger partial charge in [0.05, 0.1) is 6.04 Å². The van der Waals surface area contributed by atoms with Gasteiger partial charge in [0.1, 0.15) is 0 Å². The molecule has 3 rings (SSSR count). The minimum absolute atomic E-state index is 0.555.